The molecule has 0 aromatic rings. The van der Waals surface area contributed by atoms with Crippen molar-refractivity contribution in [3.05, 3.63) is 0 Å². The fourth-order valence-corrected chi connectivity index (χ4v) is 0. The highest BCUT2D eigenvalue weighted by Gasteiger charge is 1.47. The molecule has 0 aliphatic carbocycles. The van der Waals surface area contributed by atoms with E-state index in [4.69, 9.17) is 0 Å². The van der Waals surface area contributed by atoms with Crippen molar-refractivity contribution in [3.63, 3.8) is 0 Å². The molecule has 4 heavy (non-hydrogen) atoms. The number of hydrogen-bond acceptors (Lipinski definition) is 3. The lowest BCUT2D eigenvalue weighted by Crippen LogP contribution is -3.01. The standard InChI is InChI=1S/H6N4/c1-3-4-2/h3-4H,1-2H2/p+1. The van der Waals surface area contributed by atoms with Crippen LogP contribution in [0.15, 0.2) is 0 Å². The van der Waals surface area contributed by atoms with E-state index in [-0.39, 0.29) is 0 Å². The molecule has 0 aromatic heterocycles. The van der Waals surface area contributed by atoms with Crippen LogP contribution in [0, 0.1) is 0 Å². The molecule has 4 heteroatoms. The van der Waals surface area contributed by atoms with E-state index in [1.54, 1.807) is 0 Å². The Kier molecular flexibility index (Phi) is 2.73. The van der Waals surface area contributed by atoms with Crippen molar-refractivity contribution < 1.29 is 5.53 Å². The van der Waals surface area contributed by atoms with Crippen LogP contribution in [0.3, 0.4) is 0 Å². The van der Waals surface area contributed by atoms with E-state index in [1.165, 1.54) is 0 Å². The fraction of sp³-hybridized carbons (Fsp3) is 0. The Balaban J connectivity index is 1.97. The fourth-order valence-electron chi connectivity index (χ4n) is 0. The second-order valence-electron chi connectivity index (χ2n) is 0.333. The van der Waals surface area contributed by atoms with Crippen molar-refractivity contribution in [3.8, 4) is 0 Å². The average molecular weight is 63.1 g/mol. The highest BCUT2D eigenvalue weighted by atomic mass is 15.6. The molecule has 0 unspecified atom stereocenters. The first kappa shape index (κ1) is 3.84. The number of nitrogens with two attached hydrogens (primary N) is 3. The molecule has 0 aromatic carbocycles. The molecule has 0 saturated carbocycles. The maximum absolute atomic E-state index is 4.67. The first-order chi connectivity index (χ1) is 1.91. The summed E-state index contributed by atoms with van der Waals surface area (Å²) in [6, 6.07) is 0. The van der Waals surface area contributed by atoms with Crippen LogP contribution >= 0.6 is 0 Å². The van der Waals surface area contributed by atoms with Gasteiger partial charge in [0.25, 0.3) is 0 Å². The topological polar surface area (TPSA) is 80.7 Å². The third kappa shape index (κ3) is 1.84. The average Bonchev–Trinajstić information content (AvgIpc) is 1.37. The Morgan fingerprint density at radius 1 is 1.75 bits per heavy atom. The molecule has 0 aliphatic rings. The van der Waals surface area contributed by atoms with Crippen molar-refractivity contribution in [2.45, 2.75) is 0 Å². The highest BCUT2D eigenvalue weighted by molar-refractivity contribution is 3.42. The minimum absolute atomic E-state index is 1.15. The number of hydrazine groups is 1. The van der Waals surface area contributed by atoms with E-state index >= 15 is 0 Å². The SMILES string of the molecule is NN[NH2+]N. The molecule has 7 N–H and O–H groups in total. The van der Waals surface area contributed by atoms with E-state index in [9.17, 15) is 0 Å². The summed E-state index contributed by atoms with van der Waals surface area (Å²) in [4.78, 5) is 0. The van der Waals surface area contributed by atoms with Gasteiger partial charge in [0.05, 0.1) is 0 Å². The summed E-state index contributed by atoms with van der Waals surface area (Å²) in [5, 5.41) is 0. The third-order valence-corrected chi connectivity index (χ3v) is 0.0962. The van der Waals surface area contributed by atoms with Gasteiger partial charge in [0.2, 0.25) is 0 Å². The zero-order valence-corrected chi connectivity index (χ0v) is 2.23. The van der Waals surface area contributed by atoms with Crippen molar-refractivity contribution in [1.82, 2.24) is 5.53 Å². The van der Waals surface area contributed by atoms with Gasteiger partial charge in [-0.05, 0) is 0 Å². The van der Waals surface area contributed by atoms with E-state index < -0.39 is 0 Å². The Labute approximate surface area is 24.1 Å². The Bertz CT molecular complexity index is 2.00. The molecule has 0 atom stereocenters. The van der Waals surface area contributed by atoms with Gasteiger partial charge < -0.3 is 0 Å². The Hall–Kier alpha value is -0.160. The van der Waals surface area contributed by atoms with Crippen LogP contribution in [-0.2, 0) is 0 Å². The third-order valence-electron chi connectivity index (χ3n) is 0.0962. The second kappa shape index (κ2) is 2.84. The van der Waals surface area contributed by atoms with Crippen LogP contribution in [0.5, 0.6) is 0 Å². The summed E-state index contributed by atoms with van der Waals surface area (Å²) in [6.07, 6.45) is 0. The zero-order chi connectivity index (χ0) is 3.41. The summed E-state index contributed by atoms with van der Waals surface area (Å²) in [5.74, 6) is 9.26. The predicted octanol–water partition coefficient (Wildman–Crippen LogP) is -3.20. The number of hydrogen-bond donors (Lipinski definition) is 4. The van der Waals surface area contributed by atoms with Crippen LogP contribution in [0.4, 0.5) is 0 Å². The molecule has 0 saturated heterocycles. The summed E-state index contributed by atoms with van der Waals surface area (Å²) < 4.78 is 0. The molecule has 26 valence electrons. The summed E-state index contributed by atoms with van der Waals surface area (Å²) in [5.41, 5.74) is 3.24. The molecule has 0 spiro atoms. The largest absolute Gasteiger partial charge is 0.224 e. The molecule has 0 rings (SSSR count). The van der Waals surface area contributed by atoms with Gasteiger partial charge in [-0.3, -0.25) is 0 Å². The van der Waals surface area contributed by atoms with Gasteiger partial charge in [0.1, 0.15) is 0 Å². The second-order valence-corrected chi connectivity index (χ2v) is 0.333. The van der Waals surface area contributed by atoms with Crippen LogP contribution in [0.2, 0.25) is 0 Å². The van der Waals surface area contributed by atoms with Gasteiger partial charge in [0.15, 0.2) is 0 Å². The zero-order valence-electron chi connectivity index (χ0n) is 2.23. The Morgan fingerprint density at radius 3 is 2.00 bits per heavy atom. The van der Waals surface area contributed by atoms with Crippen LogP contribution in [0.1, 0.15) is 0 Å². The summed E-state index contributed by atoms with van der Waals surface area (Å²) in [6.45, 7) is 0. The van der Waals surface area contributed by atoms with Gasteiger partial charge >= 0.3 is 0 Å². The first-order valence-electron chi connectivity index (χ1n) is 0.911. The van der Waals surface area contributed by atoms with Gasteiger partial charge in [-0.25, -0.2) is 5.84 Å². The maximum Gasteiger partial charge on any atom is -0.0861 e. The molecule has 0 heterocycles. The van der Waals surface area contributed by atoms with Crippen molar-refractivity contribution >= 4 is 0 Å². The molecule has 4 nitrogen and oxygen atoms in total. The molecule has 0 amide bonds. The van der Waals surface area contributed by atoms with Gasteiger partial charge in [-0.1, -0.05) is 5.53 Å². The monoisotopic (exact) mass is 63.1 g/mol. The van der Waals surface area contributed by atoms with Crippen molar-refractivity contribution in [2.24, 2.45) is 11.7 Å². The molecular formula is H7N4+. The summed E-state index contributed by atoms with van der Waals surface area (Å²) >= 11 is 0. The highest BCUT2D eigenvalue weighted by Crippen LogP contribution is 0.505. The smallest absolute Gasteiger partial charge is 0.0861 e. The van der Waals surface area contributed by atoms with Gasteiger partial charge in [-0.15, -0.1) is 0 Å². The minimum Gasteiger partial charge on any atom is -0.224 e. The van der Waals surface area contributed by atoms with Crippen molar-refractivity contribution in [1.29, 1.82) is 0 Å². The quantitative estimate of drug-likeness (QED) is 0.191. The van der Waals surface area contributed by atoms with Gasteiger partial charge in [-0.2, -0.15) is 11.4 Å². The molecule has 0 radical (unpaired) electrons. The minimum atomic E-state index is 1.15. The first-order valence-corrected chi connectivity index (χ1v) is 0.911. The van der Waals surface area contributed by atoms with Crippen LogP contribution < -0.4 is 22.8 Å². The number of nitrogens with one attached hydrogen (secondary N) is 1. The lowest BCUT2D eigenvalue weighted by atomic mass is 12.4. The normalized spacial score (nSPS) is 7.50. The van der Waals surface area contributed by atoms with Gasteiger partial charge in [0, 0.05) is 0 Å². The molecule has 0 aliphatic heterocycles. The number of rotatable bonds is 1. The molecule has 0 fully saturated rings. The van der Waals surface area contributed by atoms with Crippen molar-refractivity contribution in [2.75, 3.05) is 0 Å². The predicted molar refractivity (Wildman–Crippen MR) is 13.4 cm³/mol. The van der Waals surface area contributed by atoms with Crippen LogP contribution in [0.25, 0.3) is 0 Å². The lowest BCUT2D eigenvalue weighted by Gasteiger charge is -1.77. The number of quaternary nitrogens is 1. The van der Waals surface area contributed by atoms with Crippen LogP contribution in [-0.4, -0.2) is 0 Å². The van der Waals surface area contributed by atoms with E-state index in [1.807, 2.05) is 0 Å². The molecular weight excluding hydrogens is 56.0 g/mol. The van der Waals surface area contributed by atoms with E-state index in [0.29, 0.717) is 0 Å². The van der Waals surface area contributed by atoms with E-state index in [0.717, 1.165) is 5.53 Å². The van der Waals surface area contributed by atoms with E-state index in [2.05, 4.69) is 17.2 Å². The molecule has 0 bridgehead atoms. The Morgan fingerprint density at radius 2 is 2.00 bits per heavy atom. The summed E-state index contributed by atoms with van der Waals surface area (Å²) in [7, 11) is 0. The lowest BCUT2D eigenvalue weighted by molar-refractivity contribution is -0.725. The maximum atomic E-state index is 4.67.